The largest absolute Gasteiger partial charge is 0.258 e. The molecule has 38 heavy (non-hydrogen) atoms. The van der Waals surface area contributed by atoms with Gasteiger partial charge in [-0.15, -0.1) is 9.24 Å². The summed E-state index contributed by atoms with van der Waals surface area (Å²) in [4.78, 5) is 4.65. The van der Waals surface area contributed by atoms with E-state index in [1.54, 1.807) is 0 Å². The number of nitrogens with zero attached hydrogens (tertiary/aromatic N) is 1. The molecule has 0 saturated heterocycles. The van der Waals surface area contributed by atoms with E-state index < -0.39 is 0 Å². The Morgan fingerprint density at radius 2 is 1.24 bits per heavy atom. The number of allylic oxidation sites excluding steroid dienone is 8. The van der Waals surface area contributed by atoms with Gasteiger partial charge < -0.3 is 0 Å². The van der Waals surface area contributed by atoms with Crippen LogP contribution in [0.4, 0.5) is 0 Å². The van der Waals surface area contributed by atoms with Crippen molar-refractivity contribution in [3.8, 4) is 0 Å². The number of rotatable bonds is 7. The lowest BCUT2D eigenvalue weighted by Crippen LogP contribution is -2.11. The molecule has 1 atom stereocenters. The second kappa shape index (κ2) is 12.0. The lowest BCUT2D eigenvalue weighted by molar-refractivity contribution is 1.11. The van der Waals surface area contributed by atoms with Crippen LogP contribution in [-0.2, 0) is 0 Å². The molecule has 1 aliphatic carbocycles. The highest BCUT2D eigenvalue weighted by Gasteiger charge is 2.29. The van der Waals surface area contributed by atoms with E-state index in [-0.39, 0.29) is 0 Å². The molecule has 2 heteroatoms. The highest BCUT2D eigenvalue weighted by molar-refractivity contribution is 7.20. The van der Waals surface area contributed by atoms with Crippen molar-refractivity contribution in [2.75, 3.05) is 0 Å². The second-order valence-corrected chi connectivity index (χ2v) is 9.84. The van der Waals surface area contributed by atoms with Gasteiger partial charge in [-0.1, -0.05) is 115 Å². The Bertz CT molecular complexity index is 1510. The van der Waals surface area contributed by atoms with Crippen molar-refractivity contribution >= 4 is 26.0 Å². The molecular formula is C36H32NP. The molecular weight excluding hydrogens is 477 g/mol. The summed E-state index contributed by atoms with van der Waals surface area (Å²) in [6, 6.07) is 36.7. The number of hydrogen-bond acceptors (Lipinski definition) is 1. The van der Waals surface area contributed by atoms with Crippen LogP contribution in [0, 0.1) is 13.8 Å². The van der Waals surface area contributed by atoms with E-state index in [9.17, 15) is 0 Å². The lowest BCUT2D eigenvalue weighted by Gasteiger charge is -2.31. The van der Waals surface area contributed by atoms with Crippen LogP contribution in [0.15, 0.2) is 144 Å². The predicted molar refractivity (Wildman–Crippen MR) is 167 cm³/mol. The van der Waals surface area contributed by atoms with Gasteiger partial charge in [0.05, 0.1) is 0 Å². The van der Waals surface area contributed by atoms with Crippen molar-refractivity contribution in [1.82, 2.24) is 4.98 Å². The summed E-state index contributed by atoms with van der Waals surface area (Å²) < 4.78 is 0. The van der Waals surface area contributed by atoms with Crippen molar-refractivity contribution < 1.29 is 0 Å². The fourth-order valence-corrected chi connectivity index (χ4v) is 5.24. The first-order valence-electron chi connectivity index (χ1n) is 13.0. The number of aryl methyl sites for hydroxylation is 2. The van der Waals surface area contributed by atoms with Gasteiger partial charge in [0.25, 0.3) is 0 Å². The van der Waals surface area contributed by atoms with Crippen LogP contribution < -0.4 is 0 Å². The van der Waals surface area contributed by atoms with Crippen molar-refractivity contribution in [2.24, 2.45) is 0 Å². The Kier molecular flexibility index (Phi) is 8.07. The van der Waals surface area contributed by atoms with Crippen LogP contribution >= 0.6 is 9.24 Å². The third kappa shape index (κ3) is 5.59. The molecule has 0 fully saturated rings. The fraction of sp³-hybridized carbons (Fsp3) is 0.0833. The Morgan fingerprint density at radius 1 is 0.711 bits per heavy atom. The molecule has 1 nitrogen and oxygen atoms in total. The lowest BCUT2D eigenvalue weighted by atomic mass is 9.72. The van der Waals surface area contributed by atoms with Gasteiger partial charge in [0, 0.05) is 11.4 Å². The van der Waals surface area contributed by atoms with Gasteiger partial charge in [-0.05, 0) is 88.6 Å². The topological polar surface area (TPSA) is 12.9 Å². The standard InChI is InChI=1S/C36H32NP/c1-26-23-31(24-27(2)37-26)33-25-34(35(29-17-9-4-10-18-29)30-19-11-5-12-20-30)36(33)32(21-13-6-14-22-38)28-15-7-3-8-16-28/h3-20,22-25H,21,38H2,1-2H3/b13-6-,22-14-,36-32-. The van der Waals surface area contributed by atoms with E-state index in [2.05, 4.69) is 156 Å². The van der Waals surface area contributed by atoms with Crippen LogP contribution in [-0.4, -0.2) is 4.98 Å². The molecule has 1 aromatic heterocycles. The predicted octanol–water partition coefficient (Wildman–Crippen LogP) is 9.39. The van der Waals surface area contributed by atoms with E-state index in [4.69, 9.17) is 0 Å². The molecule has 3 aromatic carbocycles. The van der Waals surface area contributed by atoms with Crippen LogP contribution in [0.2, 0.25) is 0 Å². The van der Waals surface area contributed by atoms with Gasteiger partial charge >= 0.3 is 0 Å². The Morgan fingerprint density at radius 3 is 1.76 bits per heavy atom. The molecule has 1 heterocycles. The minimum atomic E-state index is 0.828. The number of aromatic nitrogens is 1. The summed E-state index contributed by atoms with van der Waals surface area (Å²) in [6.45, 7) is 4.15. The Labute approximate surface area is 228 Å². The van der Waals surface area contributed by atoms with Crippen LogP contribution in [0.5, 0.6) is 0 Å². The first-order valence-corrected chi connectivity index (χ1v) is 13.7. The zero-order chi connectivity index (χ0) is 26.3. The maximum atomic E-state index is 4.65. The highest BCUT2D eigenvalue weighted by atomic mass is 31.0. The molecule has 1 unspecified atom stereocenters. The molecule has 0 bridgehead atoms. The second-order valence-electron chi connectivity index (χ2n) is 9.45. The van der Waals surface area contributed by atoms with Crippen molar-refractivity contribution in [1.29, 1.82) is 0 Å². The van der Waals surface area contributed by atoms with Gasteiger partial charge in [0.15, 0.2) is 0 Å². The number of hydrogen-bond donors (Lipinski definition) is 0. The quantitative estimate of drug-likeness (QED) is 0.179. The Hall–Kier alpha value is -4.06. The zero-order valence-corrected chi connectivity index (χ0v) is 23.1. The first-order chi connectivity index (χ1) is 18.7. The van der Waals surface area contributed by atoms with Gasteiger partial charge in [-0.2, -0.15) is 0 Å². The SMILES string of the molecule is Cc1cc(C2=CC(=C(c3ccccc3)c3ccccc3)/C2=C(/C/C=C\C=C/P)c2ccccc2)cc(C)n1. The third-order valence-electron chi connectivity index (χ3n) is 6.72. The first kappa shape index (κ1) is 25.6. The summed E-state index contributed by atoms with van der Waals surface area (Å²) >= 11 is 0. The average Bonchev–Trinajstić information content (AvgIpc) is 2.93. The van der Waals surface area contributed by atoms with E-state index in [1.165, 1.54) is 50.1 Å². The van der Waals surface area contributed by atoms with Gasteiger partial charge in [-0.25, -0.2) is 0 Å². The van der Waals surface area contributed by atoms with E-state index in [1.807, 2.05) is 5.82 Å². The molecule has 5 rings (SSSR count). The van der Waals surface area contributed by atoms with E-state index in [0.717, 1.165) is 17.8 Å². The van der Waals surface area contributed by atoms with Crippen molar-refractivity contribution in [3.63, 3.8) is 0 Å². The molecule has 0 amide bonds. The monoisotopic (exact) mass is 509 g/mol. The number of benzene rings is 3. The molecule has 0 spiro atoms. The van der Waals surface area contributed by atoms with Crippen LogP contribution in [0.1, 0.15) is 40.1 Å². The maximum absolute atomic E-state index is 4.65. The third-order valence-corrected chi connectivity index (χ3v) is 6.94. The normalized spacial score (nSPS) is 14.5. The Balaban J connectivity index is 1.84. The van der Waals surface area contributed by atoms with E-state index >= 15 is 0 Å². The molecule has 0 N–H and O–H groups in total. The molecule has 4 aromatic rings. The number of pyridine rings is 1. The van der Waals surface area contributed by atoms with Crippen molar-refractivity contribution in [3.05, 3.63) is 178 Å². The minimum Gasteiger partial charge on any atom is -0.258 e. The highest BCUT2D eigenvalue weighted by Crippen LogP contribution is 2.49. The van der Waals surface area contributed by atoms with E-state index in [0.29, 0.717) is 0 Å². The van der Waals surface area contributed by atoms with Crippen LogP contribution in [0.25, 0.3) is 16.7 Å². The molecule has 1 aliphatic rings. The minimum absolute atomic E-state index is 0.828. The zero-order valence-electron chi connectivity index (χ0n) is 21.9. The molecule has 0 aliphatic heterocycles. The van der Waals surface area contributed by atoms with Gasteiger partial charge in [0.1, 0.15) is 0 Å². The summed E-state index contributed by atoms with van der Waals surface area (Å²) in [5.74, 6) is 1.98. The summed E-state index contributed by atoms with van der Waals surface area (Å²) in [7, 11) is 2.64. The summed E-state index contributed by atoms with van der Waals surface area (Å²) in [5.41, 5.74) is 13.4. The summed E-state index contributed by atoms with van der Waals surface area (Å²) in [6.07, 6.45) is 9.62. The molecule has 0 radical (unpaired) electrons. The van der Waals surface area contributed by atoms with Gasteiger partial charge in [-0.3, -0.25) is 4.98 Å². The average molecular weight is 510 g/mol. The molecule has 0 saturated carbocycles. The molecule has 186 valence electrons. The van der Waals surface area contributed by atoms with Crippen molar-refractivity contribution in [2.45, 2.75) is 20.3 Å². The fourth-order valence-electron chi connectivity index (χ4n) is 5.12. The maximum Gasteiger partial charge on any atom is 0.0382 e. The van der Waals surface area contributed by atoms with Crippen LogP contribution in [0.3, 0.4) is 0 Å². The van der Waals surface area contributed by atoms with Gasteiger partial charge in [0.2, 0.25) is 0 Å². The summed E-state index contributed by atoms with van der Waals surface area (Å²) in [5, 5.41) is 0. The smallest absolute Gasteiger partial charge is 0.0382 e.